The maximum atomic E-state index is 4.49. The molecule has 0 aliphatic carbocycles. The predicted molar refractivity (Wildman–Crippen MR) is 159 cm³/mol. The van der Waals surface area contributed by atoms with Crippen LogP contribution in [0.2, 0.25) is 0 Å². The number of aromatic nitrogens is 4. The van der Waals surface area contributed by atoms with Crippen molar-refractivity contribution in [2.24, 2.45) is 0 Å². The van der Waals surface area contributed by atoms with Gasteiger partial charge in [0.2, 0.25) is 0 Å². The van der Waals surface area contributed by atoms with Crippen LogP contribution in [-0.4, -0.2) is 19.1 Å². The zero-order chi connectivity index (χ0) is 26.0. The lowest BCUT2D eigenvalue weighted by Crippen LogP contribution is -2.15. The lowest BCUT2D eigenvalue weighted by Gasteiger charge is -2.23. The molecule has 0 spiro atoms. The first-order chi connectivity index (χ1) is 18.5. The highest BCUT2D eigenvalue weighted by Gasteiger charge is 2.21. The van der Waals surface area contributed by atoms with Gasteiger partial charge in [-0.25, -0.2) is 0 Å². The van der Waals surface area contributed by atoms with Crippen LogP contribution in [0, 0.1) is 6.92 Å². The summed E-state index contributed by atoms with van der Waals surface area (Å²) in [5, 5.41) is 4.83. The zero-order valence-electron chi connectivity index (χ0n) is 22.2. The molecule has 0 N–H and O–H groups in total. The third kappa shape index (κ3) is 3.30. The Morgan fingerprint density at radius 3 is 1.79 bits per heavy atom. The maximum Gasteiger partial charge on any atom is 0.0571 e. The van der Waals surface area contributed by atoms with Gasteiger partial charge in [0, 0.05) is 57.7 Å². The average molecular weight is 495 g/mol. The van der Waals surface area contributed by atoms with E-state index in [1.165, 1.54) is 49.2 Å². The molecule has 0 bridgehead atoms. The Morgan fingerprint density at radius 2 is 1.18 bits per heavy atom. The van der Waals surface area contributed by atoms with E-state index in [0.717, 1.165) is 23.3 Å². The third-order valence-corrected chi connectivity index (χ3v) is 8.30. The summed E-state index contributed by atoms with van der Waals surface area (Å²) >= 11 is 0. The molecule has 0 unspecified atom stereocenters. The fourth-order valence-corrected chi connectivity index (χ4v) is 5.80. The number of nitrogens with zero attached hydrogens (tertiary/aromatic N) is 4. The second kappa shape index (κ2) is 8.29. The second-order valence-electron chi connectivity index (χ2n) is 11.0. The van der Waals surface area contributed by atoms with E-state index in [0.29, 0.717) is 0 Å². The van der Waals surface area contributed by atoms with Gasteiger partial charge < -0.3 is 9.13 Å². The molecule has 4 heteroatoms. The van der Waals surface area contributed by atoms with Crippen molar-refractivity contribution in [2.75, 3.05) is 0 Å². The van der Waals surface area contributed by atoms with Crippen LogP contribution in [0.1, 0.15) is 38.3 Å². The number of hydrogen-bond donors (Lipinski definition) is 0. The molecule has 0 saturated carbocycles. The summed E-state index contributed by atoms with van der Waals surface area (Å²) in [5.41, 5.74) is 9.71. The zero-order valence-corrected chi connectivity index (χ0v) is 22.2. The molecule has 0 saturated heterocycles. The molecular weight excluding hydrogens is 464 g/mol. The van der Waals surface area contributed by atoms with Crippen molar-refractivity contribution in [1.82, 2.24) is 19.1 Å². The average Bonchev–Trinajstić information content (AvgIpc) is 3.45. The molecule has 4 nitrogen and oxygen atoms in total. The highest BCUT2D eigenvalue weighted by molar-refractivity contribution is 6.10. The Labute approximate surface area is 222 Å². The molecule has 3 aromatic carbocycles. The number of benzene rings is 3. The Morgan fingerprint density at radius 1 is 0.632 bits per heavy atom. The second-order valence-corrected chi connectivity index (χ2v) is 11.0. The van der Waals surface area contributed by atoms with Gasteiger partial charge in [0.1, 0.15) is 0 Å². The quantitative estimate of drug-likeness (QED) is 0.245. The summed E-state index contributed by atoms with van der Waals surface area (Å²) in [5.74, 6) is 0. The van der Waals surface area contributed by atoms with E-state index < -0.39 is 0 Å². The van der Waals surface area contributed by atoms with Gasteiger partial charge in [-0.2, -0.15) is 0 Å². The number of pyridine rings is 2. The molecule has 0 fully saturated rings. The van der Waals surface area contributed by atoms with E-state index in [2.05, 4.69) is 120 Å². The van der Waals surface area contributed by atoms with Gasteiger partial charge in [0.15, 0.2) is 0 Å². The summed E-state index contributed by atoms with van der Waals surface area (Å²) in [4.78, 5) is 8.93. The Bertz CT molecular complexity index is 2000. The van der Waals surface area contributed by atoms with Gasteiger partial charge in [0.25, 0.3) is 0 Å². The number of rotatable bonds is 4. The van der Waals surface area contributed by atoms with Crippen LogP contribution in [-0.2, 0) is 5.41 Å². The SMILES string of the molecule is CCC(C)(C)c1ccc2c(c1)c1cnccc1n2-c1cccc(-n2c3ccncc3c3cc(C)ccc32)c1. The summed E-state index contributed by atoms with van der Waals surface area (Å²) < 4.78 is 4.73. The lowest BCUT2D eigenvalue weighted by atomic mass is 9.82. The van der Waals surface area contributed by atoms with Crippen LogP contribution in [0.15, 0.2) is 97.6 Å². The molecule has 0 aliphatic heterocycles. The maximum absolute atomic E-state index is 4.49. The highest BCUT2D eigenvalue weighted by atomic mass is 15.0. The first-order valence-corrected chi connectivity index (χ1v) is 13.3. The minimum Gasteiger partial charge on any atom is -0.309 e. The fraction of sp³-hybridized carbons (Fsp3) is 0.176. The van der Waals surface area contributed by atoms with Crippen molar-refractivity contribution >= 4 is 43.6 Å². The monoisotopic (exact) mass is 494 g/mol. The van der Waals surface area contributed by atoms with E-state index >= 15 is 0 Å². The molecule has 7 rings (SSSR count). The molecule has 38 heavy (non-hydrogen) atoms. The number of aryl methyl sites for hydroxylation is 1. The van der Waals surface area contributed by atoms with Crippen LogP contribution in [0.4, 0.5) is 0 Å². The van der Waals surface area contributed by atoms with Crippen molar-refractivity contribution < 1.29 is 0 Å². The molecule has 0 atom stereocenters. The smallest absolute Gasteiger partial charge is 0.0571 e. The summed E-state index contributed by atoms with van der Waals surface area (Å²) in [6.07, 6.45) is 8.84. The molecule has 186 valence electrons. The lowest BCUT2D eigenvalue weighted by molar-refractivity contribution is 0.507. The van der Waals surface area contributed by atoms with E-state index in [4.69, 9.17) is 0 Å². The number of hydrogen-bond acceptors (Lipinski definition) is 2. The van der Waals surface area contributed by atoms with Crippen molar-refractivity contribution in [2.45, 2.75) is 39.5 Å². The molecule has 0 amide bonds. The van der Waals surface area contributed by atoms with Crippen molar-refractivity contribution in [3.8, 4) is 11.4 Å². The highest BCUT2D eigenvalue weighted by Crippen LogP contribution is 2.37. The minimum atomic E-state index is 0.120. The van der Waals surface area contributed by atoms with Gasteiger partial charge in [-0.1, -0.05) is 44.5 Å². The summed E-state index contributed by atoms with van der Waals surface area (Å²) in [6, 6.07) is 26.7. The van der Waals surface area contributed by atoms with Crippen molar-refractivity contribution in [3.63, 3.8) is 0 Å². The molecule has 0 aliphatic rings. The standard InChI is InChI=1S/C34H30N4/c1-5-34(3,4)23-10-12-31-27(18-23)29-21-36-16-14-33(29)38(31)25-8-6-7-24(19-25)37-30-11-9-22(2)17-26(30)28-20-35-15-13-32(28)37/h6-21H,5H2,1-4H3. The molecule has 7 aromatic rings. The third-order valence-electron chi connectivity index (χ3n) is 8.30. The van der Waals surface area contributed by atoms with Crippen LogP contribution in [0.3, 0.4) is 0 Å². The normalized spacial score (nSPS) is 12.3. The van der Waals surface area contributed by atoms with Gasteiger partial charge in [0.05, 0.1) is 22.1 Å². The molecule has 4 aromatic heterocycles. The van der Waals surface area contributed by atoms with Gasteiger partial charge >= 0.3 is 0 Å². The summed E-state index contributed by atoms with van der Waals surface area (Å²) in [7, 11) is 0. The molecule has 4 heterocycles. The van der Waals surface area contributed by atoms with Crippen molar-refractivity contribution in [3.05, 3.63) is 109 Å². The van der Waals surface area contributed by atoms with Crippen molar-refractivity contribution in [1.29, 1.82) is 0 Å². The van der Waals surface area contributed by atoms with E-state index in [1.807, 2.05) is 24.8 Å². The van der Waals surface area contributed by atoms with Crippen LogP contribution in [0.5, 0.6) is 0 Å². The Kier molecular flexibility index (Phi) is 4.96. The van der Waals surface area contributed by atoms with E-state index in [1.54, 1.807) is 0 Å². The Balaban J connectivity index is 1.50. The topological polar surface area (TPSA) is 35.6 Å². The largest absolute Gasteiger partial charge is 0.309 e. The van der Waals surface area contributed by atoms with E-state index in [9.17, 15) is 0 Å². The van der Waals surface area contributed by atoms with Crippen LogP contribution >= 0.6 is 0 Å². The summed E-state index contributed by atoms with van der Waals surface area (Å²) in [6.45, 7) is 9.03. The fourth-order valence-electron chi connectivity index (χ4n) is 5.80. The van der Waals surface area contributed by atoms with Crippen LogP contribution < -0.4 is 0 Å². The van der Waals surface area contributed by atoms with Crippen LogP contribution in [0.25, 0.3) is 55.0 Å². The van der Waals surface area contributed by atoms with Gasteiger partial charge in [-0.15, -0.1) is 0 Å². The number of fused-ring (bicyclic) bond motifs is 6. The predicted octanol–water partition coefficient (Wildman–Crippen LogP) is 8.67. The Hall–Kier alpha value is -4.44. The minimum absolute atomic E-state index is 0.120. The first kappa shape index (κ1) is 22.7. The molecular formula is C34H30N4. The first-order valence-electron chi connectivity index (χ1n) is 13.3. The molecule has 0 radical (unpaired) electrons. The van der Waals surface area contributed by atoms with E-state index in [-0.39, 0.29) is 5.41 Å². The van der Waals surface area contributed by atoms with Gasteiger partial charge in [-0.3, -0.25) is 9.97 Å². The van der Waals surface area contributed by atoms with Gasteiger partial charge in [-0.05, 0) is 78.9 Å².